The number of nitrogens with zero attached hydrogens (tertiary/aromatic N) is 3. The maximum absolute atomic E-state index is 14.1. The van der Waals surface area contributed by atoms with Crippen LogP contribution < -0.4 is 0 Å². The highest BCUT2D eigenvalue weighted by Crippen LogP contribution is 2.30. The quantitative estimate of drug-likeness (QED) is 0.444. The Bertz CT molecular complexity index is 1320. The molecule has 10 heteroatoms. The van der Waals surface area contributed by atoms with Crippen LogP contribution in [0.15, 0.2) is 41.3 Å². The first-order valence-electron chi connectivity index (χ1n) is 13.7. The molecule has 1 unspecified atom stereocenters. The van der Waals surface area contributed by atoms with E-state index in [0.29, 0.717) is 35.8 Å². The first-order chi connectivity index (χ1) is 18.3. The molecule has 2 saturated heterocycles. The number of sulfonamides is 1. The SMILES string of the molecule is CC(C)N1CCC(N2CCCC(N(CC(=O)OC(C)(C)C)S(=O)(=O)c3ccc4cc(Cl)ccc4c3)C2=O)CC1. The minimum absolute atomic E-state index is 0.0241. The minimum atomic E-state index is -4.22. The molecule has 2 aromatic rings. The third-order valence-corrected chi connectivity index (χ3v) is 9.63. The average molecular weight is 578 g/mol. The number of benzene rings is 2. The van der Waals surface area contributed by atoms with E-state index in [4.69, 9.17) is 16.3 Å². The lowest BCUT2D eigenvalue weighted by molar-refractivity contribution is -0.156. The van der Waals surface area contributed by atoms with Gasteiger partial charge in [-0.1, -0.05) is 23.7 Å². The van der Waals surface area contributed by atoms with Crippen molar-refractivity contribution in [1.29, 1.82) is 0 Å². The Morgan fingerprint density at radius 1 is 1.05 bits per heavy atom. The third-order valence-electron chi connectivity index (χ3n) is 7.55. The van der Waals surface area contributed by atoms with Crippen LogP contribution in [0.2, 0.25) is 5.02 Å². The predicted octanol–water partition coefficient (Wildman–Crippen LogP) is 4.69. The zero-order valence-corrected chi connectivity index (χ0v) is 25.1. The zero-order chi connectivity index (χ0) is 28.5. The van der Waals surface area contributed by atoms with E-state index in [9.17, 15) is 18.0 Å². The van der Waals surface area contributed by atoms with Crippen molar-refractivity contribution in [3.63, 3.8) is 0 Å². The van der Waals surface area contributed by atoms with Crippen LogP contribution in [-0.4, -0.2) is 84.3 Å². The van der Waals surface area contributed by atoms with Gasteiger partial charge in [0, 0.05) is 36.7 Å². The Labute approximate surface area is 237 Å². The summed E-state index contributed by atoms with van der Waals surface area (Å²) < 4.78 is 34.8. The Kier molecular flexibility index (Phi) is 8.95. The largest absolute Gasteiger partial charge is 0.459 e. The van der Waals surface area contributed by atoms with E-state index in [1.54, 1.807) is 51.1 Å². The molecule has 0 spiro atoms. The number of piperidine rings is 2. The zero-order valence-electron chi connectivity index (χ0n) is 23.5. The summed E-state index contributed by atoms with van der Waals surface area (Å²) in [6.07, 6.45) is 2.72. The molecule has 0 aromatic heterocycles. The molecule has 0 aliphatic carbocycles. The highest BCUT2D eigenvalue weighted by molar-refractivity contribution is 7.89. The fourth-order valence-corrected chi connectivity index (χ4v) is 7.35. The summed E-state index contributed by atoms with van der Waals surface area (Å²) in [6.45, 7) is 11.4. The number of amides is 1. The molecule has 1 atom stereocenters. The first-order valence-corrected chi connectivity index (χ1v) is 15.6. The second-order valence-corrected chi connectivity index (χ2v) is 14.2. The molecule has 0 N–H and O–H groups in total. The summed E-state index contributed by atoms with van der Waals surface area (Å²) in [6, 6.07) is 9.52. The summed E-state index contributed by atoms with van der Waals surface area (Å²) in [5.74, 6) is -0.919. The van der Waals surface area contributed by atoms with Gasteiger partial charge in [-0.15, -0.1) is 0 Å². The van der Waals surface area contributed by atoms with Crippen molar-refractivity contribution in [3.8, 4) is 0 Å². The second-order valence-electron chi connectivity index (χ2n) is 11.8. The van der Waals surface area contributed by atoms with Gasteiger partial charge in [0.25, 0.3) is 0 Å². The lowest BCUT2D eigenvalue weighted by Gasteiger charge is -2.44. The van der Waals surface area contributed by atoms with Crippen molar-refractivity contribution in [2.75, 3.05) is 26.2 Å². The van der Waals surface area contributed by atoms with Crippen LogP contribution in [0.5, 0.6) is 0 Å². The van der Waals surface area contributed by atoms with Crippen LogP contribution in [0.25, 0.3) is 10.8 Å². The van der Waals surface area contributed by atoms with Crippen molar-refractivity contribution in [1.82, 2.24) is 14.1 Å². The number of halogens is 1. The molecule has 2 aliphatic rings. The van der Waals surface area contributed by atoms with Crippen LogP contribution in [0.3, 0.4) is 0 Å². The van der Waals surface area contributed by atoms with Gasteiger partial charge in [-0.3, -0.25) is 9.59 Å². The average Bonchev–Trinajstić information content (AvgIpc) is 2.86. The molecule has 0 bridgehead atoms. The van der Waals surface area contributed by atoms with Gasteiger partial charge in [0.1, 0.15) is 18.2 Å². The highest BCUT2D eigenvalue weighted by atomic mass is 35.5. The standard InChI is InChI=1S/C29H40ClN3O5S/c1-20(2)31-15-12-24(13-16-31)32-14-6-7-26(28(32)35)33(19-27(34)38-29(3,4)5)39(36,37)25-11-9-21-17-23(30)10-8-22(21)18-25/h8-11,17-18,20,24,26H,6-7,12-16,19H2,1-5H3. The minimum Gasteiger partial charge on any atom is -0.459 e. The molecule has 4 rings (SSSR count). The number of carbonyl (C=O) groups is 2. The number of likely N-dealkylation sites (tertiary alicyclic amines) is 2. The van der Waals surface area contributed by atoms with Crippen molar-refractivity contribution in [2.45, 2.75) is 88.9 Å². The maximum atomic E-state index is 14.1. The smallest absolute Gasteiger partial charge is 0.321 e. The van der Waals surface area contributed by atoms with Gasteiger partial charge in [0.05, 0.1) is 4.90 Å². The number of hydrogen-bond donors (Lipinski definition) is 0. The molecule has 2 aliphatic heterocycles. The summed E-state index contributed by atoms with van der Waals surface area (Å²) in [5, 5.41) is 2.05. The van der Waals surface area contributed by atoms with E-state index in [1.807, 2.05) is 4.90 Å². The van der Waals surface area contributed by atoms with Gasteiger partial charge in [-0.25, -0.2) is 8.42 Å². The Hall–Kier alpha value is -2.20. The fourth-order valence-electron chi connectivity index (χ4n) is 5.58. The molecule has 0 radical (unpaired) electrons. The highest BCUT2D eigenvalue weighted by Gasteiger charge is 2.43. The van der Waals surface area contributed by atoms with Crippen LogP contribution >= 0.6 is 11.6 Å². The number of fused-ring (bicyclic) bond motifs is 1. The number of esters is 1. The molecule has 8 nitrogen and oxygen atoms in total. The van der Waals surface area contributed by atoms with Crippen molar-refractivity contribution < 1.29 is 22.7 Å². The Morgan fingerprint density at radius 2 is 1.69 bits per heavy atom. The molecule has 0 saturated carbocycles. The van der Waals surface area contributed by atoms with Crippen LogP contribution in [0.4, 0.5) is 0 Å². The fraction of sp³-hybridized carbons (Fsp3) is 0.586. The maximum Gasteiger partial charge on any atom is 0.321 e. The molecular weight excluding hydrogens is 538 g/mol. The Morgan fingerprint density at radius 3 is 2.33 bits per heavy atom. The summed E-state index contributed by atoms with van der Waals surface area (Å²) in [5.41, 5.74) is -0.790. The summed E-state index contributed by atoms with van der Waals surface area (Å²) >= 11 is 6.10. The second kappa shape index (κ2) is 11.7. The van der Waals surface area contributed by atoms with E-state index >= 15 is 0 Å². The van der Waals surface area contributed by atoms with E-state index in [-0.39, 0.29) is 16.8 Å². The van der Waals surface area contributed by atoms with E-state index in [2.05, 4.69) is 18.7 Å². The molecule has 39 heavy (non-hydrogen) atoms. The lowest BCUT2D eigenvalue weighted by atomic mass is 9.96. The van der Waals surface area contributed by atoms with Crippen LogP contribution in [0, 0.1) is 0 Å². The van der Waals surface area contributed by atoms with Crippen LogP contribution in [0.1, 0.15) is 60.3 Å². The normalized spacial score (nSPS) is 20.3. The molecule has 2 fully saturated rings. The van der Waals surface area contributed by atoms with E-state index in [0.717, 1.165) is 35.6 Å². The first kappa shape index (κ1) is 29.8. The number of carbonyl (C=O) groups excluding carboxylic acids is 2. The summed E-state index contributed by atoms with van der Waals surface area (Å²) in [4.78, 5) is 31.1. The van der Waals surface area contributed by atoms with Crippen LogP contribution in [-0.2, 0) is 24.3 Å². The molecular formula is C29H40ClN3O5S. The lowest BCUT2D eigenvalue weighted by Crippen LogP contribution is -2.59. The number of hydrogen-bond acceptors (Lipinski definition) is 6. The van der Waals surface area contributed by atoms with Gasteiger partial charge in [0.2, 0.25) is 15.9 Å². The molecule has 2 heterocycles. The number of rotatable bonds is 7. The van der Waals surface area contributed by atoms with Gasteiger partial charge in [-0.2, -0.15) is 4.31 Å². The van der Waals surface area contributed by atoms with Gasteiger partial charge in [-0.05, 0) is 95.3 Å². The van der Waals surface area contributed by atoms with Gasteiger partial charge < -0.3 is 14.5 Å². The Balaban J connectivity index is 1.65. The van der Waals surface area contributed by atoms with Gasteiger partial charge >= 0.3 is 5.97 Å². The third kappa shape index (κ3) is 6.93. The van der Waals surface area contributed by atoms with Gasteiger partial charge in [0.15, 0.2) is 0 Å². The van der Waals surface area contributed by atoms with Crippen molar-refractivity contribution in [3.05, 3.63) is 41.4 Å². The monoisotopic (exact) mass is 577 g/mol. The molecule has 1 amide bonds. The van der Waals surface area contributed by atoms with Crippen molar-refractivity contribution >= 4 is 44.3 Å². The summed E-state index contributed by atoms with van der Waals surface area (Å²) in [7, 11) is -4.22. The van der Waals surface area contributed by atoms with Crippen molar-refractivity contribution in [2.24, 2.45) is 0 Å². The predicted molar refractivity (Wildman–Crippen MR) is 153 cm³/mol. The number of ether oxygens (including phenoxy) is 1. The molecule has 2 aromatic carbocycles. The van der Waals surface area contributed by atoms with E-state index < -0.39 is 34.2 Å². The molecule has 214 valence electrons. The van der Waals surface area contributed by atoms with E-state index in [1.165, 1.54) is 6.07 Å². The topological polar surface area (TPSA) is 87.2 Å².